The summed E-state index contributed by atoms with van der Waals surface area (Å²) in [6, 6.07) is 1.62. The molecule has 0 amide bonds. The van der Waals surface area contributed by atoms with Gasteiger partial charge in [0.2, 0.25) is 5.95 Å². The molecule has 0 spiro atoms. The summed E-state index contributed by atoms with van der Waals surface area (Å²) in [5, 5.41) is 8.06. The highest BCUT2D eigenvalue weighted by Crippen LogP contribution is 2.26. The predicted octanol–water partition coefficient (Wildman–Crippen LogP) is 0.936. The Balaban J connectivity index is 2.45. The number of hydrogen-bond acceptors (Lipinski definition) is 7. The molecule has 0 bridgehead atoms. The highest BCUT2D eigenvalue weighted by atomic mass is 35.5. The lowest BCUT2D eigenvalue weighted by molar-refractivity contribution is 0.739. The molecule has 0 aliphatic heterocycles. The van der Waals surface area contributed by atoms with Gasteiger partial charge in [-0.15, -0.1) is 0 Å². The van der Waals surface area contributed by atoms with E-state index >= 15 is 0 Å². The number of anilines is 1. The number of rotatable bonds is 4. The number of nitrogens with two attached hydrogens (primary N) is 2. The first-order chi connectivity index (χ1) is 10.0. The number of hydrogen-bond donors (Lipinski definition) is 2. The van der Waals surface area contributed by atoms with Crippen LogP contribution in [-0.2, 0) is 13.6 Å². The van der Waals surface area contributed by atoms with Gasteiger partial charge in [0.25, 0.3) is 0 Å². The van der Waals surface area contributed by atoms with Crippen LogP contribution in [-0.4, -0.2) is 32.2 Å². The van der Waals surface area contributed by atoms with Crippen molar-refractivity contribution in [3.63, 3.8) is 0 Å². The van der Waals surface area contributed by atoms with Crippen LogP contribution < -0.4 is 11.6 Å². The van der Waals surface area contributed by atoms with Crippen LogP contribution in [0.4, 0.5) is 5.95 Å². The van der Waals surface area contributed by atoms with Crippen LogP contribution in [0.1, 0.15) is 11.3 Å². The van der Waals surface area contributed by atoms with Gasteiger partial charge in [-0.05, 0) is 6.92 Å². The van der Waals surface area contributed by atoms with Crippen LogP contribution in [0.2, 0.25) is 5.15 Å². The number of aliphatic imine (C=N–C) groups is 1. The Bertz CT molecular complexity index is 683. The zero-order valence-electron chi connectivity index (χ0n) is 11.7. The minimum Gasteiger partial charge on any atom is -0.368 e. The normalized spacial score (nSPS) is 11.8. The van der Waals surface area contributed by atoms with Crippen molar-refractivity contribution in [1.29, 1.82) is 0 Å². The molecule has 110 valence electrons. The molecule has 2 aromatic rings. The number of nitrogen functional groups attached to an aromatic ring is 1. The van der Waals surface area contributed by atoms with E-state index in [0.717, 1.165) is 11.3 Å². The Morgan fingerprint density at radius 1 is 1.38 bits per heavy atom. The summed E-state index contributed by atoms with van der Waals surface area (Å²) >= 11 is 5.92. The van der Waals surface area contributed by atoms with E-state index in [1.54, 1.807) is 10.7 Å². The van der Waals surface area contributed by atoms with E-state index in [1.807, 2.05) is 14.0 Å². The van der Waals surface area contributed by atoms with Gasteiger partial charge in [0.1, 0.15) is 10.8 Å². The maximum absolute atomic E-state index is 5.92. The second-order valence-corrected chi connectivity index (χ2v) is 4.65. The Labute approximate surface area is 126 Å². The summed E-state index contributed by atoms with van der Waals surface area (Å²) in [6.07, 6.45) is 2.93. The topological polar surface area (TPSA) is 120 Å². The molecule has 0 fully saturated rings. The first kappa shape index (κ1) is 14.9. The van der Waals surface area contributed by atoms with Crippen molar-refractivity contribution in [2.24, 2.45) is 23.0 Å². The number of aryl methyl sites for hydroxylation is 1. The molecule has 4 N–H and O–H groups in total. The number of aromatic nitrogens is 4. The molecule has 0 unspecified atom stereocenters. The third-order valence-electron chi connectivity index (χ3n) is 2.92. The van der Waals surface area contributed by atoms with Gasteiger partial charge in [-0.1, -0.05) is 11.6 Å². The number of nitrogens with zero attached hydrogens (tertiary/aromatic N) is 6. The zero-order valence-corrected chi connectivity index (χ0v) is 12.4. The minimum atomic E-state index is 0.102. The van der Waals surface area contributed by atoms with Crippen molar-refractivity contribution in [3.8, 4) is 11.4 Å². The first-order valence-corrected chi connectivity index (χ1v) is 6.45. The lowest BCUT2D eigenvalue weighted by Gasteiger charge is -2.02. The van der Waals surface area contributed by atoms with E-state index < -0.39 is 0 Å². The predicted molar refractivity (Wildman–Crippen MR) is 83.3 cm³/mol. The van der Waals surface area contributed by atoms with Crippen LogP contribution in [0.25, 0.3) is 11.4 Å². The molecule has 0 atom stereocenters. The Hall–Kier alpha value is -2.48. The van der Waals surface area contributed by atoms with E-state index in [9.17, 15) is 0 Å². The summed E-state index contributed by atoms with van der Waals surface area (Å²) in [7, 11) is 1.85. The SMILES string of the molecule is Cc1c(CN=C/C=N\N)c(-c2cc(Cl)nc(N)n2)nn1C. The minimum absolute atomic E-state index is 0.102. The maximum Gasteiger partial charge on any atom is 0.222 e. The third-order valence-corrected chi connectivity index (χ3v) is 3.11. The van der Waals surface area contributed by atoms with Crippen LogP contribution >= 0.6 is 11.6 Å². The van der Waals surface area contributed by atoms with E-state index in [2.05, 4.69) is 25.2 Å². The fourth-order valence-electron chi connectivity index (χ4n) is 1.83. The quantitative estimate of drug-likeness (QED) is 0.377. The molecule has 0 aliphatic rings. The molecule has 2 rings (SSSR count). The van der Waals surface area contributed by atoms with Gasteiger partial charge >= 0.3 is 0 Å². The van der Waals surface area contributed by atoms with E-state index in [4.69, 9.17) is 23.2 Å². The molecule has 8 nitrogen and oxygen atoms in total. The Morgan fingerprint density at radius 3 is 2.81 bits per heavy atom. The molecule has 9 heteroatoms. The van der Waals surface area contributed by atoms with E-state index in [0.29, 0.717) is 17.9 Å². The van der Waals surface area contributed by atoms with Crippen molar-refractivity contribution in [2.45, 2.75) is 13.5 Å². The molecular weight excluding hydrogens is 292 g/mol. The molecule has 0 saturated carbocycles. The summed E-state index contributed by atoms with van der Waals surface area (Å²) in [5.41, 5.74) is 8.76. The van der Waals surface area contributed by atoms with Crippen molar-refractivity contribution in [1.82, 2.24) is 19.7 Å². The lowest BCUT2D eigenvalue weighted by atomic mass is 10.1. The average molecular weight is 307 g/mol. The van der Waals surface area contributed by atoms with E-state index in [1.165, 1.54) is 12.4 Å². The average Bonchev–Trinajstić information content (AvgIpc) is 2.70. The van der Waals surface area contributed by atoms with Crippen LogP contribution in [0.5, 0.6) is 0 Å². The molecule has 2 heterocycles. The van der Waals surface area contributed by atoms with E-state index in [-0.39, 0.29) is 11.1 Å². The molecule has 0 radical (unpaired) electrons. The van der Waals surface area contributed by atoms with Crippen molar-refractivity contribution in [2.75, 3.05) is 5.73 Å². The molecule has 0 aliphatic carbocycles. The lowest BCUT2D eigenvalue weighted by Crippen LogP contribution is -1.98. The second kappa shape index (κ2) is 6.31. The second-order valence-electron chi connectivity index (χ2n) is 4.26. The first-order valence-electron chi connectivity index (χ1n) is 6.07. The van der Waals surface area contributed by atoms with Gasteiger partial charge in [0.05, 0.1) is 18.5 Å². The molecule has 0 aromatic carbocycles. The van der Waals surface area contributed by atoms with Gasteiger partial charge in [0.15, 0.2) is 0 Å². The molecule has 2 aromatic heterocycles. The molecule has 0 saturated heterocycles. The van der Waals surface area contributed by atoms with Gasteiger partial charge in [-0.3, -0.25) is 9.67 Å². The van der Waals surface area contributed by atoms with Gasteiger partial charge in [-0.2, -0.15) is 10.2 Å². The van der Waals surface area contributed by atoms with Crippen molar-refractivity contribution >= 4 is 30.0 Å². The van der Waals surface area contributed by atoms with Crippen molar-refractivity contribution in [3.05, 3.63) is 22.5 Å². The zero-order chi connectivity index (χ0) is 15.4. The van der Waals surface area contributed by atoms with Crippen LogP contribution in [0.15, 0.2) is 16.2 Å². The van der Waals surface area contributed by atoms with Crippen molar-refractivity contribution < 1.29 is 0 Å². The number of halogens is 1. The highest BCUT2D eigenvalue weighted by molar-refractivity contribution is 6.29. The smallest absolute Gasteiger partial charge is 0.222 e. The van der Waals surface area contributed by atoms with Gasteiger partial charge in [-0.25, -0.2) is 9.97 Å². The summed E-state index contributed by atoms with van der Waals surface area (Å²) in [6.45, 7) is 2.37. The Kier molecular flexibility index (Phi) is 4.49. The Morgan fingerprint density at radius 2 is 2.14 bits per heavy atom. The fraction of sp³-hybridized carbons (Fsp3) is 0.250. The summed E-state index contributed by atoms with van der Waals surface area (Å²) in [4.78, 5) is 12.2. The standard InChI is InChI=1S/C12H15ClN8/c1-7-8(6-16-3-4-17-15)11(20-21(7)2)9-5-10(13)19-12(14)18-9/h3-5H,6,15H2,1-2H3,(H2,14,18,19)/b16-3?,17-4-. The monoisotopic (exact) mass is 306 g/mol. The summed E-state index contributed by atoms with van der Waals surface area (Å²) < 4.78 is 1.75. The largest absolute Gasteiger partial charge is 0.368 e. The summed E-state index contributed by atoms with van der Waals surface area (Å²) in [5.74, 6) is 5.11. The number of hydrazone groups is 1. The third kappa shape index (κ3) is 3.34. The van der Waals surface area contributed by atoms with Crippen LogP contribution in [0, 0.1) is 6.92 Å². The van der Waals surface area contributed by atoms with Crippen LogP contribution in [0.3, 0.4) is 0 Å². The van der Waals surface area contributed by atoms with Gasteiger partial charge < -0.3 is 11.6 Å². The highest BCUT2D eigenvalue weighted by Gasteiger charge is 2.16. The fourth-order valence-corrected chi connectivity index (χ4v) is 2.02. The molecule has 21 heavy (non-hydrogen) atoms. The van der Waals surface area contributed by atoms with Gasteiger partial charge in [0, 0.05) is 30.6 Å². The molecular formula is C12H15ClN8. The maximum atomic E-state index is 5.92.